The number of halogens is 7. The number of hydrogen-bond acceptors (Lipinski definition) is 4. The van der Waals surface area contributed by atoms with Crippen molar-refractivity contribution in [2.75, 3.05) is 6.61 Å². The van der Waals surface area contributed by atoms with Crippen molar-refractivity contribution < 1.29 is 49.8 Å². The number of rotatable bonds is 6. The van der Waals surface area contributed by atoms with Crippen molar-refractivity contribution in [2.45, 2.75) is 65.0 Å². The van der Waals surface area contributed by atoms with Crippen molar-refractivity contribution in [3.8, 4) is 11.1 Å². The lowest BCUT2D eigenvalue weighted by Crippen LogP contribution is -2.36. The number of alkyl carbamates (subject to hydrolysis) is 1. The summed E-state index contributed by atoms with van der Waals surface area (Å²) in [4.78, 5) is 24.6. The standard InChI is InChI=1S/C25H26F7NO4/c1-6-36-19(34)12-18(33-22(35)37-23(3,4)5)15-11-14(10-13(2)21(15)26)20-16(24(27,28)29)8-7-9-17(20)25(30,31)32/h7-11,18H,6,12H2,1-5H3,(H,33,35). The highest BCUT2D eigenvalue weighted by Crippen LogP contribution is 2.45. The summed E-state index contributed by atoms with van der Waals surface area (Å²) in [5, 5.41) is 2.27. The fraction of sp³-hybridized carbons (Fsp3) is 0.440. The first-order valence-electron chi connectivity index (χ1n) is 11.1. The van der Waals surface area contributed by atoms with E-state index in [2.05, 4.69) is 5.32 Å². The van der Waals surface area contributed by atoms with Gasteiger partial charge in [-0.25, -0.2) is 9.18 Å². The van der Waals surface area contributed by atoms with E-state index in [0.29, 0.717) is 18.2 Å². The number of carbonyl (C=O) groups excluding carboxylic acids is 2. The Bertz CT molecular complexity index is 1120. The molecule has 0 aromatic heterocycles. The van der Waals surface area contributed by atoms with E-state index in [1.165, 1.54) is 27.7 Å². The smallest absolute Gasteiger partial charge is 0.417 e. The molecule has 2 aromatic rings. The molecule has 0 fully saturated rings. The summed E-state index contributed by atoms with van der Waals surface area (Å²) in [6.07, 6.45) is -12.1. The van der Waals surface area contributed by atoms with Gasteiger partial charge in [0.05, 0.1) is 30.2 Å². The van der Waals surface area contributed by atoms with Crippen LogP contribution in [0.5, 0.6) is 0 Å². The van der Waals surface area contributed by atoms with E-state index < -0.39 is 76.1 Å². The maximum atomic E-state index is 15.3. The van der Waals surface area contributed by atoms with E-state index in [1.807, 2.05) is 0 Å². The zero-order valence-corrected chi connectivity index (χ0v) is 20.7. The Balaban J connectivity index is 2.78. The molecule has 1 unspecified atom stereocenters. The van der Waals surface area contributed by atoms with Crippen LogP contribution >= 0.6 is 0 Å². The van der Waals surface area contributed by atoms with Crippen LogP contribution in [0.15, 0.2) is 30.3 Å². The molecule has 0 saturated carbocycles. The van der Waals surface area contributed by atoms with E-state index in [1.54, 1.807) is 0 Å². The van der Waals surface area contributed by atoms with Crippen LogP contribution in [0, 0.1) is 12.7 Å². The molecular weight excluding hydrogens is 511 g/mol. The minimum atomic E-state index is -5.17. The molecule has 2 aromatic carbocycles. The van der Waals surface area contributed by atoms with Gasteiger partial charge in [0.25, 0.3) is 0 Å². The molecule has 0 saturated heterocycles. The van der Waals surface area contributed by atoms with Gasteiger partial charge >= 0.3 is 24.4 Å². The highest BCUT2D eigenvalue weighted by atomic mass is 19.4. The van der Waals surface area contributed by atoms with Gasteiger partial charge in [-0.1, -0.05) is 6.07 Å². The summed E-state index contributed by atoms with van der Waals surface area (Å²) in [5.41, 5.74) is -6.80. The highest BCUT2D eigenvalue weighted by Gasteiger charge is 2.41. The molecule has 1 atom stereocenters. The van der Waals surface area contributed by atoms with Crippen LogP contribution < -0.4 is 5.32 Å². The molecule has 1 amide bonds. The second-order valence-corrected chi connectivity index (χ2v) is 9.13. The van der Waals surface area contributed by atoms with Gasteiger partial charge in [-0.05, 0) is 70.0 Å². The number of nitrogens with one attached hydrogen (secondary N) is 1. The summed E-state index contributed by atoms with van der Waals surface area (Å²) in [6, 6.07) is 1.66. The van der Waals surface area contributed by atoms with Crippen molar-refractivity contribution in [2.24, 2.45) is 0 Å². The quantitative estimate of drug-likeness (QED) is 0.309. The van der Waals surface area contributed by atoms with Crippen LogP contribution in [-0.2, 0) is 26.6 Å². The molecular formula is C25H26F7NO4. The monoisotopic (exact) mass is 537 g/mol. The molecule has 0 bridgehead atoms. The summed E-state index contributed by atoms with van der Waals surface area (Å²) in [5.74, 6) is -1.93. The minimum Gasteiger partial charge on any atom is -0.466 e. The maximum Gasteiger partial charge on any atom is 0.417 e. The van der Waals surface area contributed by atoms with Crippen LogP contribution in [-0.4, -0.2) is 24.3 Å². The van der Waals surface area contributed by atoms with E-state index in [4.69, 9.17) is 9.47 Å². The van der Waals surface area contributed by atoms with E-state index in [9.17, 15) is 35.9 Å². The SMILES string of the molecule is CCOC(=O)CC(NC(=O)OC(C)(C)C)c1cc(-c2c(C(F)(F)F)cccc2C(F)(F)F)cc(C)c1F. The fourth-order valence-electron chi connectivity index (χ4n) is 3.61. The number of alkyl halides is 6. The zero-order chi connectivity index (χ0) is 28.3. The predicted molar refractivity (Wildman–Crippen MR) is 120 cm³/mol. The number of aryl methyl sites for hydroxylation is 1. The Morgan fingerprint density at radius 1 is 0.973 bits per heavy atom. The van der Waals surface area contributed by atoms with E-state index >= 15 is 4.39 Å². The lowest BCUT2D eigenvalue weighted by molar-refractivity contribution is -0.144. The second kappa shape index (κ2) is 11.0. The molecule has 0 spiro atoms. The lowest BCUT2D eigenvalue weighted by Gasteiger charge is -2.25. The van der Waals surface area contributed by atoms with Gasteiger partial charge in [0.15, 0.2) is 0 Å². The predicted octanol–water partition coefficient (Wildman–Crippen LogP) is 7.36. The molecule has 0 radical (unpaired) electrons. The molecule has 12 heteroatoms. The molecule has 0 heterocycles. The lowest BCUT2D eigenvalue weighted by atomic mass is 9.89. The van der Waals surface area contributed by atoms with Crippen LogP contribution in [0.3, 0.4) is 0 Å². The van der Waals surface area contributed by atoms with Crippen LogP contribution in [0.4, 0.5) is 35.5 Å². The van der Waals surface area contributed by atoms with E-state index in [0.717, 1.165) is 19.1 Å². The number of ether oxygens (including phenoxy) is 2. The molecule has 1 N–H and O–H groups in total. The molecule has 5 nitrogen and oxygen atoms in total. The van der Waals surface area contributed by atoms with Crippen molar-refractivity contribution in [3.63, 3.8) is 0 Å². The first-order chi connectivity index (χ1) is 16.8. The van der Waals surface area contributed by atoms with Crippen LogP contribution in [0.2, 0.25) is 0 Å². The van der Waals surface area contributed by atoms with Crippen LogP contribution in [0.1, 0.15) is 62.4 Å². The van der Waals surface area contributed by atoms with Gasteiger partial charge in [0.2, 0.25) is 0 Å². The molecule has 0 aliphatic carbocycles. The minimum absolute atomic E-state index is 0.0621. The average molecular weight is 537 g/mol. The van der Waals surface area contributed by atoms with Gasteiger partial charge in [0.1, 0.15) is 11.4 Å². The molecule has 0 aliphatic heterocycles. The average Bonchev–Trinajstić information content (AvgIpc) is 2.72. The number of amides is 1. The van der Waals surface area contributed by atoms with Crippen molar-refractivity contribution >= 4 is 12.1 Å². The fourth-order valence-corrected chi connectivity index (χ4v) is 3.61. The first-order valence-corrected chi connectivity index (χ1v) is 11.1. The zero-order valence-electron chi connectivity index (χ0n) is 20.7. The topological polar surface area (TPSA) is 64.6 Å². The third kappa shape index (κ3) is 7.83. The Kier molecular flexibility index (Phi) is 8.87. The van der Waals surface area contributed by atoms with Gasteiger partial charge in [0, 0.05) is 11.1 Å². The molecule has 37 heavy (non-hydrogen) atoms. The molecule has 0 aliphatic rings. The first kappa shape index (κ1) is 29.9. The van der Waals surface area contributed by atoms with Crippen LogP contribution in [0.25, 0.3) is 11.1 Å². The molecule has 2 rings (SSSR count). The Hall–Kier alpha value is -3.31. The Morgan fingerprint density at radius 3 is 1.97 bits per heavy atom. The third-order valence-corrected chi connectivity index (χ3v) is 4.99. The summed E-state index contributed by atoms with van der Waals surface area (Å²) >= 11 is 0. The van der Waals surface area contributed by atoms with Crippen molar-refractivity contribution in [1.29, 1.82) is 0 Å². The maximum absolute atomic E-state index is 15.3. The number of carbonyl (C=O) groups is 2. The molecule has 204 valence electrons. The Labute approximate surface area is 208 Å². The summed E-state index contributed by atoms with van der Waals surface area (Å²) < 4.78 is 108. The van der Waals surface area contributed by atoms with Crippen molar-refractivity contribution in [1.82, 2.24) is 5.32 Å². The number of hydrogen-bond donors (Lipinski definition) is 1. The normalized spacial score (nSPS) is 13.2. The van der Waals surface area contributed by atoms with Gasteiger partial charge in [-0.3, -0.25) is 4.79 Å². The largest absolute Gasteiger partial charge is 0.466 e. The highest BCUT2D eigenvalue weighted by molar-refractivity contribution is 5.76. The number of esters is 1. The summed E-state index contributed by atoms with van der Waals surface area (Å²) in [6.45, 7) is 7.17. The van der Waals surface area contributed by atoms with Gasteiger partial charge < -0.3 is 14.8 Å². The number of benzene rings is 2. The summed E-state index contributed by atoms with van der Waals surface area (Å²) in [7, 11) is 0. The Morgan fingerprint density at radius 2 is 1.51 bits per heavy atom. The second-order valence-electron chi connectivity index (χ2n) is 9.13. The van der Waals surface area contributed by atoms with E-state index in [-0.39, 0.29) is 12.2 Å². The van der Waals surface area contributed by atoms with Crippen molar-refractivity contribution in [3.05, 3.63) is 58.4 Å². The van der Waals surface area contributed by atoms with Gasteiger partial charge in [-0.15, -0.1) is 0 Å². The third-order valence-electron chi connectivity index (χ3n) is 4.99. The van der Waals surface area contributed by atoms with Gasteiger partial charge in [-0.2, -0.15) is 26.3 Å².